The number of carbonyl (C=O) groups is 2. The maximum Gasteiger partial charge on any atom is 0.320 e. The fourth-order valence-corrected chi connectivity index (χ4v) is 2.26. The first-order valence-electron chi connectivity index (χ1n) is 5.81. The number of amides is 2. The molecule has 0 unspecified atom stereocenters. The average Bonchev–Trinajstić information content (AvgIpc) is 2.06. The van der Waals surface area contributed by atoms with Crippen molar-refractivity contribution >= 4 is 12.0 Å². The molecular formula is C11H18N2O3. The molecule has 0 radical (unpaired) electrons. The van der Waals surface area contributed by atoms with Gasteiger partial charge in [-0.05, 0) is 19.3 Å². The van der Waals surface area contributed by atoms with Gasteiger partial charge in [0.1, 0.15) is 0 Å². The Kier molecular flexibility index (Phi) is 3.03. The van der Waals surface area contributed by atoms with Crippen LogP contribution in [-0.2, 0) is 4.79 Å². The molecule has 5 heteroatoms. The minimum Gasteiger partial charge on any atom is -0.481 e. The van der Waals surface area contributed by atoms with E-state index in [9.17, 15) is 9.59 Å². The summed E-state index contributed by atoms with van der Waals surface area (Å²) in [6, 6.07) is 0.470. The van der Waals surface area contributed by atoms with Crippen molar-refractivity contribution in [2.24, 2.45) is 5.92 Å². The van der Waals surface area contributed by atoms with Crippen LogP contribution in [0.5, 0.6) is 0 Å². The molecule has 16 heavy (non-hydrogen) atoms. The van der Waals surface area contributed by atoms with Crippen molar-refractivity contribution < 1.29 is 14.7 Å². The van der Waals surface area contributed by atoms with Crippen LogP contribution >= 0.6 is 0 Å². The van der Waals surface area contributed by atoms with Crippen LogP contribution in [0.25, 0.3) is 0 Å². The number of urea groups is 1. The molecule has 90 valence electrons. The van der Waals surface area contributed by atoms with E-state index >= 15 is 0 Å². The molecule has 0 aromatic rings. The third-order valence-electron chi connectivity index (χ3n) is 3.62. The van der Waals surface area contributed by atoms with Crippen molar-refractivity contribution in [2.45, 2.75) is 31.7 Å². The Balaban J connectivity index is 1.74. The summed E-state index contributed by atoms with van der Waals surface area (Å²) < 4.78 is 0. The van der Waals surface area contributed by atoms with Crippen molar-refractivity contribution in [3.8, 4) is 0 Å². The van der Waals surface area contributed by atoms with Crippen LogP contribution in [0.4, 0.5) is 4.79 Å². The summed E-state index contributed by atoms with van der Waals surface area (Å²) >= 11 is 0. The zero-order valence-electron chi connectivity index (χ0n) is 9.56. The first kappa shape index (κ1) is 11.2. The maximum atomic E-state index is 11.9. The summed E-state index contributed by atoms with van der Waals surface area (Å²) in [6.07, 6.45) is 3.60. The van der Waals surface area contributed by atoms with E-state index in [0.717, 1.165) is 12.8 Å². The van der Waals surface area contributed by atoms with Crippen LogP contribution in [0.15, 0.2) is 0 Å². The molecule has 1 saturated heterocycles. The van der Waals surface area contributed by atoms with E-state index in [1.165, 1.54) is 6.42 Å². The number of hydrogen-bond acceptors (Lipinski definition) is 2. The minimum atomic E-state index is -0.774. The number of rotatable bonds is 3. The van der Waals surface area contributed by atoms with Gasteiger partial charge in [-0.1, -0.05) is 0 Å². The van der Waals surface area contributed by atoms with Crippen molar-refractivity contribution in [1.82, 2.24) is 9.80 Å². The van der Waals surface area contributed by atoms with Crippen LogP contribution in [-0.4, -0.2) is 53.1 Å². The Morgan fingerprint density at radius 2 is 2.00 bits per heavy atom. The summed E-state index contributed by atoms with van der Waals surface area (Å²) in [4.78, 5) is 25.9. The summed E-state index contributed by atoms with van der Waals surface area (Å²) in [6.45, 7) is 1.20. The number of aliphatic carboxylic acids is 1. The average molecular weight is 226 g/mol. The van der Waals surface area contributed by atoms with E-state index in [-0.39, 0.29) is 18.4 Å². The van der Waals surface area contributed by atoms with Gasteiger partial charge in [-0.2, -0.15) is 0 Å². The lowest BCUT2D eigenvalue weighted by molar-refractivity contribution is -0.139. The minimum absolute atomic E-state index is 0.0614. The van der Waals surface area contributed by atoms with E-state index in [4.69, 9.17) is 5.11 Å². The van der Waals surface area contributed by atoms with E-state index < -0.39 is 5.97 Å². The van der Waals surface area contributed by atoms with Crippen LogP contribution < -0.4 is 0 Å². The summed E-state index contributed by atoms with van der Waals surface area (Å²) in [5.41, 5.74) is 0. The molecule has 1 saturated carbocycles. The molecule has 2 aliphatic rings. The number of nitrogens with zero attached hydrogens (tertiary/aromatic N) is 2. The van der Waals surface area contributed by atoms with E-state index in [0.29, 0.717) is 19.1 Å². The van der Waals surface area contributed by atoms with Crippen LogP contribution in [0.3, 0.4) is 0 Å². The Morgan fingerprint density at radius 3 is 2.44 bits per heavy atom. The number of carboxylic acids is 1. The van der Waals surface area contributed by atoms with Crippen molar-refractivity contribution in [1.29, 1.82) is 0 Å². The van der Waals surface area contributed by atoms with E-state index in [1.807, 2.05) is 7.05 Å². The molecule has 0 atom stereocenters. The van der Waals surface area contributed by atoms with Gasteiger partial charge in [0.2, 0.25) is 0 Å². The lowest BCUT2D eigenvalue weighted by Crippen LogP contribution is -2.57. The Bertz CT molecular complexity index is 296. The van der Waals surface area contributed by atoms with Crippen molar-refractivity contribution in [3.05, 3.63) is 0 Å². The predicted molar refractivity (Wildman–Crippen MR) is 58.1 cm³/mol. The summed E-state index contributed by atoms with van der Waals surface area (Å²) in [7, 11) is 1.84. The topological polar surface area (TPSA) is 60.9 Å². The van der Waals surface area contributed by atoms with Gasteiger partial charge in [0, 0.05) is 32.1 Å². The van der Waals surface area contributed by atoms with E-state index in [1.54, 1.807) is 9.80 Å². The van der Waals surface area contributed by atoms with Gasteiger partial charge in [-0.15, -0.1) is 0 Å². The quantitative estimate of drug-likeness (QED) is 0.780. The number of carboxylic acid groups (broad SMARTS) is 1. The highest BCUT2D eigenvalue weighted by molar-refractivity contribution is 5.76. The highest BCUT2D eigenvalue weighted by Gasteiger charge is 2.36. The number of hydrogen-bond donors (Lipinski definition) is 1. The fraction of sp³-hybridized carbons (Fsp3) is 0.818. The molecule has 0 aromatic carbocycles. The highest BCUT2D eigenvalue weighted by Crippen LogP contribution is 2.27. The molecular weight excluding hydrogens is 208 g/mol. The third-order valence-corrected chi connectivity index (χ3v) is 3.62. The smallest absolute Gasteiger partial charge is 0.320 e. The van der Waals surface area contributed by atoms with Crippen molar-refractivity contribution in [3.63, 3.8) is 0 Å². The van der Waals surface area contributed by atoms with Gasteiger partial charge >= 0.3 is 12.0 Å². The maximum absolute atomic E-state index is 11.9. The monoisotopic (exact) mass is 226 g/mol. The summed E-state index contributed by atoms with van der Waals surface area (Å²) in [5.74, 6) is -0.624. The standard InChI is InChI=1S/C11H18N2O3/c1-12(9-3-2-4-9)11(16)13-6-8(7-13)5-10(14)15/h8-9H,2-7H2,1H3,(H,14,15). The fourth-order valence-electron chi connectivity index (χ4n) is 2.26. The second-order valence-corrected chi connectivity index (χ2v) is 4.85. The zero-order chi connectivity index (χ0) is 11.7. The van der Waals surface area contributed by atoms with E-state index in [2.05, 4.69) is 0 Å². The lowest BCUT2D eigenvalue weighted by Gasteiger charge is -2.44. The normalized spacial score (nSPS) is 21.2. The predicted octanol–water partition coefficient (Wildman–Crippen LogP) is 0.997. The second-order valence-electron chi connectivity index (χ2n) is 4.85. The molecule has 2 fully saturated rings. The van der Waals surface area contributed by atoms with Gasteiger partial charge in [-0.3, -0.25) is 4.79 Å². The zero-order valence-corrected chi connectivity index (χ0v) is 9.56. The molecule has 0 bridgehead atoms. The molecule has 0 spiro atoms. The van der Waals surface area contributed by atoms with Gasteiger partial charge < -0.3 is 14.9 Å². The molecule has 1 aliphatic heterocycles. The first-order chi connectivity index (χ1) is 7.58. The number of likely N-dealkylation sites (tertiary alicyclic amines) is 1. The van der Waals surface area contributed by atoms with Crippen molar-refractivity contribution in [2.75, 3.05) is 20.1 Å². The van der Waals surface area contributed by atoms with Gasteiger partial charge in [-0.25, -0.2) is 4.79 Å². The summed E-state index contributed by atoms with van der Waals surface area (Å²) in [5, 5.41) is 8.60. The molecule has 1 aliphatic carbocycles. The Morgan fingerprint density at radius 1 is 1.38 bits per heavy atom. The van der Waals surface area contributed by atoms with Gasteiger partial charge in [0.15, 0.2) is 0 Å². The first-order valence-corrected chi connectivity index (χ1v) is 5.81. The molecule has 1 heterocycles. The van der Waals surface area contributed by atoms with Crippen LogP contribution in [0, 0.1) is 5.92 Å². The molecule has 1 N–H and O–H groups in total. The molecule has 5 nitrogen and oxygen atoms in total. The molecule has 2 rings (SSSR count). The number of carbonyl (C=O) groups excluding carboxylic acids is 1. The van der Waals surface area contributed by atoms with Gasteiger partial charge in [0.05, 0.1) is 6.42 Å². The molecule has 0 aromatic heterocycles. The van der Waals surface area contributed by atoms with Crippen LogP contribution in [0.2, 0.25) is 0 Å². The SMILES string of the molecule is CN(C(=O)N1CC(CC(=O)O)C1)C1CCC1. The third kappa shape index (κ3) is 2.13. The second kappa shape index (κ2) is 4.31. The molecule has 2 amide bonds. The Hall–Kier alpha value is -1.26. The largest absolute Gasteiger partial charge is 0.481 e. The van der Waals surface area contributed by atoms with Crippen LogP contribution in [0.1, 0.15) is 25.7 Å². The Labute approximate surface area is 95.0 Å². The lowest BCUT2D eigenvalue weighted by atomic mass is 9.91. The highest BCUT2D eigenvalue weighted by atomic mass is 16.4. The van der Waals surface area contributed by atoms with Gasteiger partial charge in [0.25, 0.3) is 0 Å².